The minimum atomic E-state index is -4.13. The number of carbonyl (C=O) groups is 1. The average molecular weight is 296 g/mol. The number of hydrogen-bond donors (Lipinski definition) is 3. The van der Waals surface area contributed by atoms with E-state index in [2.05, 4.69) is 10.6 Å². The number of nitrogens with one attached hydrogen (secondary N) is 2. The van der Waals surface area contributed by atoms with E-state index in [0.29, 0.717) is 32.5 Å². The lowest BCUT2D eigenvalue weighted by Crippen LogP contribution is -2.39. The van der Waals surface area contributed by atoms with Gasteiger partial charge < -0.3 is 15.7 Å². The molecule has 1 rings (SSSR count). The van der Waals surface area contributed by atoms with Gasteiger partial charge in [0.25, 0.3) is 0 Å². The molecule has 118 valence electrons. The van der Waals surface area contributed by atoms with Crippen LogP contribution in [0, 0.1) is 11.8 Å². The Hall–Kier alpha value is -0.820. The third-order valence-electron chi connectivity index (χ3n) is 3.60. The average Bonchev–Trinajstić information content (AvgIpc) is 2.37. The van der Waals surface area contributed by atoms with E-state index in [0.717, 1.165) is 0 Å². The third kappa shape index (κ3) is 6.09. The van der Waals surface area contributed by atoms with Crippen LogP contribution >= 0.6 is 0 Å². The van der Waals surface area contributed by atoms with E-state index in [9.17, 15) is 18.0 Å². The summed E-state index contributed by atoms with van der Waals surface area (Å²) < 4.78 is 37.5. The normalized spacial score (nSPS) is 25.2. The van der Waals surface area contributed by atoms with E-state index in [1.165, 1.54) is 0 Å². The molecule has 1 saturated carbocycles. The summed E-state index contributed by atoms with van der Waals surface area (Å²) in [4.78, 5) is 11.8. The fourth-order valence-corrected chi connectivity index (χ4v) is 2.41. The highest BCUT2D eigenvalue weighted by atomic mass is 19.4. The van der Waals surface area contributed by atoms with Crippen molar-refractivity contribution in [2.75, 3.05) is 19.6 Å². The number of hydrogen-bond acceptors (Lipinski definition) is 3. The maximum absolute atomic E-state index is 12.5. The summed E-state index contributed by atoms with van der Waals surface area (Å²) in [6.45, 7) is 3.07. The van der Waals surface area contributed by atoms with E-state index in [4.69, 9.17) is 5.11 Å². The van der Waals surface area contributed by atoms with E-state index in [1.54, 1.807) is 6.92 Å². The van der Waals surface area contributed by atoms with Crippen LogP contribution in [-0.2, 0) is 4.79 Å². The van der Waals surface area contributed by atoms with Crippen molar-refractivity contribution in [3.8, 4) is 0 Å². The van der Waals surface area contributed by atoms with Crippen LogP contribution in [0.15, 0.2) is 0 Å². The zero-order valence-electron chi connectivity index (χ0n) is 11.7. The van der Waals surface area contributed by atoms with Crippen LogP contribution < -0.4 is 10.6 Å². The molecule has 1 unspecified atom stereocenters. The Labute approximate surface area is 117 Å². The van der Waals surface area contributed by atoms with Crippen molar-refractivity contribution in [3.05, 3.63) is 0 Å². The maximum Gasteiger partial charge on any atom is 0.391 e. The predicted molar refractivity (Wildman–Crippen MR) is 69.1 cm³/mol. The Morgan fingerprint density at radius 2 is 1.85 bits per heavy atom. The molecule has 0 saturated heterocycles. The molecule has 0 aliphatic heterocycles. The van der Waals surface area contributed by atoms with Crippen molar-refractivity contribution in [3.63, 3.8) is 0 Å². The molecule has 0 bridgehead atoms. The second kappa shape index (κ2) is 7.83. The Balaban J connectivity index is 2.16. The highest BCUT2D eigenvalue weighted by Gasteiger charge is 2.42. The van der Waals surface area contributed by atoms with Crippen molar-refractivity contribution < 1.29 is 23.1 Å². The summed E-state index contributed by atoms with van der Waals surface area (Å²) >= 11 is 0. The van der Waals surface area contributed by atoms with E-state index >= 15 is 0 Å². The first kappa shape index (κ1) is 17.2. The number of alkyl halides is 3. The van der Waals surface area contributed by atoms with E-state index in [-0.39, 0.29) is 24.7 Å². The molecule has 3 N–H and O–H groups in total. The van der Waals surface area contributed by atoms with Crippen LogP contribution in [-0.4, -0.2) is 42.9 Å². The number of aliphatic hydroxyl groups excluding tert-OH is 1. The predicted octanol–water partition coefficient (Wildman–Crippen LogP) is 1.44. The van der Waals surface area contributed by atoms with Gasteiger partial charge in [-0.3, -0.25) is 4.79 Å². The minimum absolute atomic E-state index is 0.0435. The molecule has 1 amide bonds. The van der Waals surface area contributed by atoms with Crippen molar-refractivity contribution in [1.82, 2.24) is 10.6 Å². The number of halogens is 3. The van der Waals surface area contributed by atoms with Gasteiger partial charge in [0.15, 0.2) is 0 Å². The molecule has 0 aromatic carbocycles. The summed E-state index contributed by atoms with van der Waals surface area (Å²) in [6.07, 6.45) is -3.88. The van der Waals surface area contributed by atoms with Crippen molar-refractivity contribution in [2.24, 2.45) is 11.8 Å². The number of carbonyl (C=O) groups excluding carboxylic acids is 1. The van der Waals surface area contributed by atoms with Crippen molar-refractivity contribution in [1.29, 1.82) is 0 Å². The summed E-state index contributed by atoms with van der Waals surface area (Å²) in [7, 11) is 0. The Kier molecular flexibility index (Phi) is 6.75. The molecule has 4 nitrogen and oxygen atoms in total. The summed E-state index contributed by atoms with van der Waals surface area (Å²) in [5.41, 5.74) is 0. The van der Waals surface area contributed by atoms with Gasteiger partial charge in [-0.1, -0.05) is 0 Å². The second-order valence-electron chi connectivity index (χ2n) is 5.43. The Bertz CT molecular complexity index is 300. The fraction of sp³-hybridized carbons (Fsp3) is 0.923. The molecule has 20 heavy (non-hydrogen) atoms. The molecule has 0 heterocycles. The topological polar surface area (TPSA) is 61.4 Å². The van der Waals surface area contributed by atoms with Gasteiger partial charge in [-0.2, -0.15) is 13.2 Å². The third-order valence-corrected chi connectivity index (χ3v) is 3.60. The van der Waals surface area contributed by atoms with Gasteiger partial charge in [0.05, 0.1) is 12.0 Å². The van der Waals surface area contributed by atoms with Crippen LogP contribution in [0.3, 0.4) is 0 Å². The van der Waals surface area contributed by atoms with Crippen molar-refractivity contribution >= 4 is 5.91 Å². The van der Waals surface area contributed by atoms with E-state index < -0.39 is 18.2 Å². The highest BCUT2D eigenvalue weighted by molar-refractivity contribution is 5.78. The van der Waals surface area contributed by atoms with Crippen LogP contribution in [0.2, 0.25) is 0 Å². The zero-order chi connectivity index (χ0) is 15.2. The summed E-state index contributed by atoms with van der Waals surface area (Å²) in [6, 6.07) is 0. The molecule has 0 spiro atoms. The lowest BCUT2D eigenvalue weighted by Gasteiger charge is -2.29. The molecule has 1 atom stereocenters. The molecular formula is C13H23F3N2O2. The van der Waals surface area contributed by atoms with Gasteiger partial charge in [0.2, 0.25) is 5.91 Å². The standard InChI is InChI=1S/C13H23F3N2O2/c1-9(19)8-17-6-7-18-12(20)10-2-4-11(5-3-10)13(14,15)16/h9-11,17,19H,2-8H2,1H3,(H,18,20). The van der Waals surface area contributed by atoms with Gasteiger partial charge in [0.1, 0.15) is 0 Å². The van der Waals surface area contributed by atoms with Crippen molar-refractivity contribution in [2.45, 2.75) is 44.9 Å². The smallest absolute Gasteiger partial charge is 0.391 e. The van der Waals surface area contributed by atoms with Gasteiger partial charge in [-0.05, 0) is 32.6 Å². The Morgan fingerprint density at radius 1 is 1.25 bits per heavy atom. The lowest BCUT2D eigenvalue weighted by atomic mass is 9.81. The van der Waals surface area contributed by atoms with Crippen LogP contribution in [0.5, 0.6) is 0 Å². The summed E-state index contributed by atoms with van der Waals surface area (Å²) in [5.74, 6) is -1.71. The maximum atomic E-state index is 12.5. The first-order valence-corrected chi connectivity index (χ1v) is 7.04. The molecular weight excluding hydrogens is 273 g/mol. The minimum Gasteiger partial charge on any atom is -0.392 e. The number of rotatable bonds is 6. The van der Waals surface area contributed by atoms with Crippen LogP contribution in [0.1, 0.15) is 32.6 Å². The largest absolute Gasteiger partial charge is 0.392 e. The zero-order valence-corrected chi connectivity index (χ0v) is 11.7. The first-order valence-electron chi connectivity index (χ1n) is 7.04. The molecule has 1 fully saturated rings. The molecule has 0 aromatic rings. The van der Waals surface area contributed by atoms with Gasteiger partial charge >= 0.3 is 6.18 Å². The summed E-state index contributed by atoms with van der Waals surface area (Å²) in [5, 5.41) is 14.7. The highest BCUT2D eigenvalue weighted by Crippen LogP contribution is 2.39. The molecule has 1 aliphatic carbocycles. The SMILES string of the molecule is CC(O)CNCCNC(=O)C1CCC(C(F)(F)F)CC1. The van der Waals surface area contributed by atoms with Gasteiger partial charge in [0, 0.05) is 25.6 Å². The Morgan fingerprint density at radius 3 is 2.35 bits per heavy atom. The number of amides is 1. The quantitative estimate of drug-likeness (QED) is 0.650. The molecule has 7 heteroatoms. The van der Waals surface area contributed by atoms with Crippen LogP contribution in [0.4, 0.5) is 13.2 Å². The lowest BCUT2D eigenvalue weighted by molar-refractivity contribution is -0.184. The molecule has 1 aliphatic rings. The first-order chi connectivity index (χ1) is 9.30. The molecule has 0 aromatic heterocycles. The second-order valence-corrected chi connectivity index (χ2v) is 5.43. The number of aliphatic hydroxyl groups is 1. The monoisotopic (exact) mass is 296 g/mol. The fourth-order valence-electron chi connectivity index (χ4n) is 2.41. The van der Waals surface area contributed by atoms with Gasteiger partial charge in [-0.15, -0.1) is 0 Å². The van der Waals surface area contributed by atoms with E-state index in [1.807, 2.05) is 0 Å². The molecule has 0 radical (unpaired) electrons. The van der Waals surface area contributed by atoms with Gasteiger partial charge in [-0.25, -0.2) is 0 Å². The van der Waals surface area contributed by atoms with Crippen LogP contribution in [0.25, 0.3) is 0 Å².